The third-order valence-electron chi connectivity index (χ3n) is 9.56. The number of para-hydroxylation sites is 1. The lowest BCUT2D eigenvalue weighted by molar-refractivity contribution is 1.18. The van der Waals surface area contributed by atoms with Gasteiger partial charge in [-0.2, -0.15) is 5.26 Å². The molecule has 51 heavy (non-hydrogen) atoms. The molecule has 3 aromatic heterocycles. The normalized spacial score (nSPS) is 11.1. The van der Waals surface area contributed by atoms with Crippen LogP contribution >= 0.6 is 0 Å². The van der Waals surface area contributed by atoms with Gasteiger partial charge < -0.3 is 9.41 Å². The molecule has 0 aliphatic carbocycles. The number of benzene rings is 6. The summed E-state index contributed by atoms with van der Waals surface area (Å²) in [5.41, 5.74) is 12.2. The van der Waals surface area contributed by atoms with Gasteiger partial charge in [0, 0.05) is 22.7 Å². The molecule has 0 bridgehead atoms. The molecule has 236 valence electrons. The van der Waals surface area contributed by atoms with Gasteiger partial charge in [-0.1, -0.05) is 97.6 Å². The number of nitriles is 1. The first-order valence-corrected chi connectivity index (χ1v) is 16.7. The Morgan fingerprint density at radius 3 is 1.88 bits per heavy atom. The van der Waals surface area contributed by atoms with Crippen LogP contribution in [0.25, 0.3) is 87.6 Å². The van der Waals surface area contributed by atoms with Gasteiger partial charge in [-0.05, 0) is 116 Å². The smallest absolute Gasteiger partial charge is 0.270 e. The Bertz CT molecular complexity index is 2890. The average Bonchev–Trinajstić information content (AvgIpc) is 3.54. The maximum atomic E-state index is 9.42. The molecule has 0 aliphatic heterocycles. The van der Waals surface area contributed by atoms with Crippen molar-refractivity contribution in [3.8, 4) is 56.3 Å². The van der Waals surface area contributed by atoms with E-state index in [1.807, 2.05) is 24.3 Å². The monoisotopic (exact) mass is 649 g/mol. The molecule has 0 saturated heterocycles. The van der Waals surface area contributed by atoms with Crippen LogP contribution in [0.15, 0.2) is 164 Å². The van der Waals surface area contributed by atoms with Gasteiger partial charge in [-0.3, -0.25) is 0 Å². The molecule has 5 heteroatoms. The van der Waals surface area contributed by atoms with Crippen LogP contribution < -0.4 is 0 Å². The Kier molecular flexibility index (Phi) is 7.17. The van der Waals surface area contributed by atoms with Gasteiger partial charge in [0.1, 0.15) is 18.0 Å². The highest BCUT2D eigenvalue weighted by atomic mass is 15.0. The molecular weight excluding hydrogens is 623 g/mol. The number of nitrogens with zero attached hydrogens (tertiary/aromatic N) is 5. The minimum absolute atomic E-state index is 0.383. The first kappa shape index (κ1) is 29.8. The Labute approximate surface area is 294 Å². The van der Waals surface area contributed by atoms with Crippen LogP contribution in [0.1, 0.15) is 5.69 Å². The van der Waals surface area contributed by atoms with Crippen molar-refractivity contribution in [2.24, 2.45) is 0 Å². The highest BCUT2D eigenvalue weighted by Crippen LogP contribution is 2.43. The van der Waals surface area contributed by atoms with Gasteiger partial charge in [0.2, 0.25) is 0 Å². The largest absolute Gasteiger partial charge is 0.361 e. The predicted octanol–water partition coefficient (Wildman–Crippen LogP) is 11.8. The number of rotatable bonds is 5. The minimum atomic E-state index is 0.383. The van der Waals surface area contributed by atoms with E-state index in [1.165, 1.54) is 21.5 Å². The third kappa shape index (κ3) is 5.18. The van der Waals surface area contributed by atoms with E-state index in [0.29, 0.717) is 11.5 Å². The predicted molar refractivity (Wildman–Crippen MR) is 207 cm³/mol. The fourth-order valence-corrected chi connectivity index (χ4v) is 7.23. The highest BCUT2D eigenvalue weighted by Gasteiger charge is 2.19. The first-order chi connectivity index (χ1) is 25.2. The summed E-state index contributed by atoms with van der Waals surface area (Å²) in [7, 11) is 0. The Morgan fingerprint density at radius 2 is 1.14 bits per heavy atom. The second-order valence-electron chi connectivity index (χ2n) is 12.5. The van der Waals surface area contributed by atoms with Crippen molar-refractivity contribution in [3.05, 3.63) is 181 Å². The zero-order chi connectivity index (χ0) is 34.3. The van der Waals surface area contributed by atoms with E-state index < -0.39 is 0 Å². The van der Waals surface area contributed by atoms with Crippen LogP contribution in [-0.2, 0) is 0 Å². The van der Waals surface area contributed by atoms with Crippen LogP contribution in [0, 0.1) is 17.9 Å². The summed E-state index contributed by atoms with van der Waals surface area (Å²) in [6.45, 7) is 7.45. The second-order valence-corrected chi connectivity index (χ2v) is 12.5. The van der Waals surface area contributed by atoms with E-state index in [2.05, 4.69) is 153 Å². The number of aromatic nitrogens is 3. The molecule has 0 amide bonds. The van der Waals surface area contributed by atoms with E-state index in [1.54, 1.807) is 12.4 Å². The number of fused-ring (bicyclic) bond motifs is 5. The van der Waals surface area contributed by atoms with E-state index in [-0.39, 0.29) is 0 Å². The summed E-state index contributed by atoms with van der Waals surface area (Å²) < 4.78 is 2.38. The summed E-state index contributed by atoms with van der Waals surface area (Å²) in [6, 6.07) is 55.0. The zero-order valence-corrected chi connectivity index (χ0v) is 27.3. The second kappa shape index (κ2) is 12.3. The van der Waals surface area contributed by atoms with Crippen molar-refractivity contribution >= 4 is 38.4 Å². The van der Waals surface area contributed by atoms with Gasteiger partial charge >= 0.3 is 0 Å². The van der Waals surface area contributed by atoms with Gasteiger partial charge in [0.05, 0.1) is 11.0 Å². The zero-order valence-electron chi connectivity index (χ0n) is 27.3. The lowest BCUT2D eigenvalue weighted by Crippen LogP contribution is -1.94. The van der Waals surface area contributed by atoms with Crippen molar-refractivity contribution in [1.29, 1.82) is 5.26 Å². The maximum absolute atomic E-state index is 9.42. The molecule has 6 aromatic carbocycles. The van der Waals surface area contributed by atoms with Crippen LogP contribution in [-0.4, -0.2) is 14.5 Å². The fraction of sp³-hybridized carbons (Fsp3) is 0. The molecule has 0 spiro atoms. The molecule has 9 aromatic rings. The van der Waals surface area contributed by atoms with Crippen molar-refractivity contribution in [2.45, 2.75) is 0 Å². The SMILES string of the molecule is [C-]#[N+]c1cc(-c2cccc(-c3cc4c(c5ccccc35)c3ccc(-c5cccc(-c6ccnc(C#N)c6)c5)cc3n4-c3ccccc3)c2)ccn1. The lowest BCUT2D eigenvalue weighted by Gasteiger charge is -2.13. The van der Waals surface area contributed by atoms with Crippen LogP contribution in [0.2, 0.25) is 0 Å². The molecule has 0 aliphatic rings. The molecule has 0 radical (unpaired) electrons. The average molecular weight is 650 g/mol. The molecule has 0 unspecified atom stereocenters. The molecule has 9 rings (SSSR count). The molecule has 0 atom stereocenters. The highest BCUT2D eigenvalue weighted by molar-refractivity contribution is 6.24. The minimum Gasteiger partial charge on any atom is -0.361 e. The summed E-state index contributed by atoms with van der Waals surface area (Å²) in [6.07, 6.45) is 3.38. The number of hydrogen-bond acceptors (Lipinski definition) is 3. The van der Waals surface area contributed by atoms with Crippen molar-refractivity contribution in [2.75, 3.05) is 0 Å². The maximum Gasteiger partial charge on any atom is 0.270 e. The lowest BCUT2D eigenvalue weighted by atomic mass is 9.93. The molecule has 0 N–H and O–H groups in total. The topological polar surface area (TPSA) is 58.9 Å². The summed E-state index contributed by atoms with van der Waals surface area (Å²) >= 11 is 0. The molecule has 0 fully saturated rings. The summed E-state index contributed by atoms with van der Waals surface area (Å²) in [4.78, 5) is 11.9. The van der Waals surface area contributed by atoms with Crippen molar-refractivity contribution in [1.82, 2.24) is 14.5 Å². The quantitative estimate of drug-likeness (QED) is 0.174. The molecule has 5 nitrogen and oxygen atoms in total. The van der Waals surface area contributed by atoms with Gasteiger partial charge in [0.25, 0.3) is 5.82 Å². The molecular formula is C46H27N5. The molecule has 0 saturated carbocycles. The van der Waals surface area contributed by atoms with Crippen LogP contribution in [0.4, 0.5) is 5.82 Å². The number of pyridine rings is 2. The standard InChI is InChI=1S/C46H27N5/c1-48-45-27-35(20-22-50-45)32-11-8-12-36(24-32)42-28-44-46(40-16-6-5-15-39(40)42)41-18-17-33(26-43(41)51(44)38-13-3-2-4-14-38)30-9-7-10-31(23-30)34-19-21-49-37(25-34)29-47/h2-28H. The van der Waals surface area contributed by atoms with Gasteiger partial charge in [-0.15, -0.1) is 4.98 Å². The molecule has 3 heterocycles. The van der Waals surface area contributed by atoms with E-state index >= 15 is 0 Å². The van der Waals surface area contributed by atoms with Gasteiger partial charge in [0.15, 0.2) is 0 Å². The summed E-state index contributed by atoms with van der Waals surface area (Å²) in [5.74, 6) is 0.383. The summed E-state index contributed by atoms with van der Waals surface area (Å²) in [5, 5.41) is 14.2. The van der Waals surface area contributed by atoms with Crippen LogP contribution in [0.3, 0.4) is 0 Å². The van der Waals surface area contributed by atoms with E-state index in [9.17, 15) is 5.26 Å². The van der Waals surface area contributed by atoms with Crippen LogP contribution in [0.5, 0.6) is 0 Å². The van der Waals surface area contributed by atoms with E-state index in [0.717, 1.165) is 61.2 Å². The fourth-order valence-electron chi connectivity index (χ4n) is 7.23. The van der Waals surface area contributed by atoms with Crippen molar-refractivity contribution in [3.63, 3.8) is 0 Å². The Balaban J connectivity index is 1.28. The van der Waals surface area contributed by atoms with Crippen molar-refractivity contribution < 1.29 is 0 Å². The Morgan fingerprint density at radius 1 is 0.510 bits per heavy atom. The first-order valence-electron chi connectivity index (χ1n) is 16.7. The number of hydrogen-bond donors (Lipinski definition) is 0. The van der Waals surface area contributed by atoms with E-state index in [4.69, 9.17) is 6.57 Å². The third-order valence-corrected chi connectivity index (χ3v) is 9.56. The van der Waals surface area contributed by atoms with Gasteiger partial charge in [-0.25, -0.2) is 4.98 Å². The Hall–Kier alpha value is -7.34.